The predicted octanol–water partition coefficient (Wildman–Crippen LogP) is 5.33. The van der Waals surface area contributed by atoms with Gasteiger partial charge in [-0.1, -0.05) is 64.2 Å². The van der Waals surface area contributed by atoms with E-state index in [9.17, 15) is 5.11 Å². The van der Waals surface area contributed by atoms with E-state index in [-0.39, 0.29) is 5.75 Å². The number of benzene rings is 2. The summed E-state index contributed by atoms with van der Waals surface area (Å²) in [6, 6.07) is 12.0. The van der Waals surface area contributed by atoms with Gasteiger partial charge in [0.15, 0.2) is 0 Å². The molecule has 1 aliphatic rings. The van der Waals surface area contributed by atoms with Crippen LogP contribution in [0.5, 0.6) is 5.75 Å². The van der Waals surface area contributed by atoms with Crippen molar-refractivity contribution in [3.05, 3.63) is 58.7 Å². The maximum atomic E-state index is 9.78. The van der Waals surface area contributed by atoms with Crippen molar-refractivity contribution in [1.29, 1.82) is 0 Å². The molecule has 0 saturated carbocycles. The van der Waals surface area contributed by atoms with Crippen molar-refractivity contribution in [2.75, 3.05) is 4.90 Å². The van der Waals surface area contributed by atoms with Gasteiger partial charge in [-0.15, -0.1) is 0 Å². The zero-order valence-corrected chi connectivity index (χ0v) is 14.9. The highest BCUT2D eigenvalue weighted by molar-refractivity contribution is 7.81. The van der Waals surface area contributed by atoms with Gasteiger partial charge in [0.2, 0.25) is 0 Å². The molecule has 1 heterocycles. The lowest BCUT2D eigenvalue weighted by molar-refractivity contribution is 0.475. The lowest BCUT2D eigenvalue weighted by atomic mass is 9.92. The van der Waals surface area contributed by atoms with Gasteiger partial charge in [-0.2, -0.15) is 0 Å². The third kappa shape index (κ3) is 2.74. The number of phenols is 1. The number of hydrogen-bond acceptors (Lipinski definition) is 2. The van der Waals surface area contributed by atoms with E-state index in [2.05, 4.69) is 50.8 Å². The molecule has 0 bridgehead atoms. The van der Waals surface area contributed by atoms with Gasteiger partial charge in [-0.05, 0) is 40.7 Å². The average Bonchev–Trinajstić information content (AvgIpc) is 2.83. The maximum absolute atomic E-state index is 9.78. The van der Waals surface area contributed by atoms with Crippen LogP contribution in [0.3, 0.4) is 0 Å². The number of fused-ring (bicyclic) bond motifs is 1. The topological polar surface area (TPSA) is 23.5 Å². The summed E-state index contributed by atoms with van der Waals surface area (Å²) in [5.74, 6) is 1.14. The molecule has 0 atom stereocenters. The van der Waals surface area contributed by atoms with Crippen molar-refractivity contribution in [2.45, 2.75) is 46.1 Å². The molecule has 23 heavy (non-hydrogen) atoms. The summed E-state index contributed by atoms with van der Waals surface area (Å²) < 4.78 is 0. The largest absolute Gasteiger partial charge is 0.508 e. The Morgan fingerprint density at radius 3 is 2.17 bits per heavy atom. The number of hydrogen-bond donors (Lipinski definition) is 1. The fraction of sp³-hybridized carbons (Fsp3) is 0.350. The summed E-state index contributed by atoms with van der Waals surface area (Å²) in [6.45, 7) is 9.67. The second kappa shape index (κ2) is 5.97. The van der Waals surface area contributed by atoms with Gasteiger partial charge in [-0.3, -0.25) is 0 Å². The number of aromatic hydroxyl groups is 1. The number of anilines is 1. The lowest BCUT2D eigenvalue weighted by Crippen LogP contribution is -2.25. The van der Waals surface area contributed by atoms with E-state index in [4.69, 9.17) is 12.2 Å². The molecular formula is C20H23NOS. The highest BCUT2D eigenvalue weighted by Gasteiger charge is 2.29. The summed E-state index contributed by atoms with van der Waals surface area (Å²) in [4.78, 5) is 3.05. The van der Waals surface area contributed by atoms with Crippen LogP contribution in [0.2, 0.25) is 0 Å². The number of rotatable bonds is 3. The molecule has 0 spiro atoms. The lowest BCUT2D eigenvalue weighted by Gasteiger charge is -2.28. The molecule has 0 fully saturated rings. The molecule has 3 heteroatoms. The highest BCUT2D eigenvalue weighted by atomic mass is 32.1. The third-order valence-corrected chi connectivity index (χ3v) is 4.95. The van der Waals surface area contributed by atoms with Crippen molar-refractivity contribution < 1.29 is 5.11 Å². The van der Waals surface area contributed by atoms with Gasteiger partial charge < -0.3 is 10.0 Å². The Hall–Kier alpha value is -1.87. The van der Waals surface area contributed by atoms with Gasteiger partial charge in [0.1, 0.15) is 10.7 Å². The van der Waals surface area contributed by atoms with Crippen LogP contribution in [0.4, 0.5) is 5.69 Å². The normalized spacial score (nSPS) is 14.0. The minimum atomic E-state index is 0.272. The third-order valence-electron chi connectivity index (χ3n) is 4.51. The molecule has 120 valence electrons. The molecule has 0 aromatic heterocycles. The van der Waals surface area contributed by atoms with Gasteiger partial charge in [0.05, 0.1) is 0 Å². The number of thiocarbonyl (C=S) groups is 1. The van der Waals surface area contributed by atoms with Crippen molar-refractivity contribution in [1.82, 2.24) is 0 Å². The zero-order chi connectivity index (χ0) is 16.7. The number of phenolic OH excluding ortho intramolecular Hbond substituents is 1. The van der Waals surface area contributed by atoms with Crippen molar-refractivity contribution in [2.24, 2.45) is 0 Å². The fourth-order valence-corrected chi connectivity index (χ4v) is 3.64. The van der Waals surface area contributed by atoms with Gasteiger partial charge in [0.25, 0.3) is 0 Å². The van der Waals surface area contributed by atoms with Crippen LogP contribution in [0.25, 0.3) is 0 Å². The monoisotopic (exact) mass is 325 g/mol. The van der Waals surface area contributed by atoms with Gasteiger partial charge in [-0.25, -0.2) is 0 Å². The number of nitrogens with zero attached hydrogens (tertiary/aromatic N) is 1. The first-order valence-electron chi connectivity index (χ1n) is 8.16. The molecular weight excluding hydrogens is 302 g/mol. The van der Waals surface area contributed by atoms with Crippen LogP contribution in [-0.4, -0.2) is 10.1 Å². The van der Waals surface area contributed by atoms with E-state index < -0.39 is 0 Å². The van der Waals surface area contributed by atoms with E-state index in [1.54, 1.807) is 12.1 Å². The first kappa shape index (κ1) is 16.0. The Bertz CT molecular complexity index is 738. The summed E-state index contributed by atoms with van der Waals surface area (Å²) in [5.41, 5.74) is 6.07. The van der Waals surface area contributed by atoms with Crippen LogP contribution in [-0.2, 0) is 6.54 Å². The van der Waals surface area contributed by atoms with Crippen LogP contribution in [0, 0.1) is 0 Å². The highest BCUT2D eigenvalue weighted by Crippen LogP contribution is 2.40. The Morgan fingerprint density at radius 1 is 1.00 bits per heavy atom. The Balaban J connectivity index is 2.15. The first-order valence-corrected chi connectivity index (χ1v) is 8.57. The minimum absolute atomic E-state index is 0.272. The molecule has 0 amide bonds. The average molecular weight is 325 g/mol. The second-order valence-electron chi connectivity index (χ2n) is 6.83. The molecule has 0 unspecified atom stereocenters. The SMILES string of the molecule is CC(C)c1cccc(C(C)C)c1N1Cc2ccc(O)cc2C1=S. The molecule has 2 nitrogen and oxygen atoms in total. The molecule has 1 aliphatic heterocycles. The van der Waals surface area contributed by atoms with Crippen molar-refractivity contribution >= 4 is 22.9 Å². The molecule has 0 saturated heterocycles. The smallest absolute Gasteiger partial charge is 0.116 e. The Morgan fingerprint density at radius 2 is 1.61 bits per heavy atom. The second-order valence-corrected chi connectivity index (χ2v) is 7.21. The van der Waals surface area contributed by atoms with E-state index in [0.29, 0.717) is 11.8 Å². The molecule has 0 radical (unpaired) electrons. The van der Waals surface area contributed by atoms with Crippen LogP contribution in [0.1, 0.15) is 61.8 Å². The standard InChI is InChI=1S/C20H23NOS/c1-12(2)16-6-5-7-17(13(3)4)19(16)21-11-14-8-9-15(22)10-18(14)20(21)23/h5-10,12-13,22H,11H2,1-4H3. The van der Waals surface area contributed by atoms with E-state index in [1.165, 1.54) is 22.4 Å². The molecule has 3 rings (SSSR count). The molecule has 2 aromatic rings. The summed E-state index contributed by atoms with van der Waals surface area (Å²) in [5, 5.41) is 9.78. The first-order chi connectivity index (χ1) is 10.9. The van der Waals surface area contributed by atoms with Crippen LogP contribution in [0.15, 0.2) is 36.4 Å². The Labute approximate surface area is 143 Å². The van der Waals surface area contributed by atoms with Gasteiger partial charge >= 0.3 is 0 Å². The molecule has 0 aliphatic carbocycles. The zero-order valence-electron chi connectivity index (χ0n) is 14.1. The van der Waals surface area contributed by atoms with Crippen molar-refractivity contribution in [3.63, 3.8) is 0 Å². The van der Waals surface area contributed by atoms with Gasteiger partial charge in [0, 0.05) is 17.8 Å². The fourth-order valence-electron chi connectivity index (χ4n) is 3.29. The van der Waals surface area contributed by atoms with Crippen molar-refractivity contribution in [3.8, 4) is 5.75 Å². The number of para-hydroxylation sites is 1. The summed E-state index contributed by atoms with van der Waals surface area (Å²) in [7, 11) is 0. The molecule has 2 aromatic carbocycles. The van der Waals surface area contributed by atoms with Crippen LogP contribution < -0.4 is 4.90 Å². The predicted molar refractivity (Wildman–Crippen MR) is 101 cm³/mol. The van der Waals surface area contributed by atoms with Crippen LogP contribution >= 0.6 is 12.2 Å². The van der Waals surface area contributed by atoms with E-state index >= 15 is 0 Å². The quantitative estimate of drug-likeness (QED) is 0.771. The molecule has 1 N–H and O–H groups in total. The van der Waals surface area contributed by atoms with E-state index in [0.717, 1.165) is 17.1 Å². The maximum Gasteiger partial charge on any atom is 0.116 e. The summed E-state index contributed by atoms with van der Waals surface area (Å²) >= 11 is 5.74. The Kier molecular flexibility index (Phi) is 4.15. The van der Waals surface area contributed by atoms with E-state index in [1.807, 2.05) is 6.07 Å². The summed E-state index contributed by atoms with van der Waals surface area (Å²) in [6.07, 6.45) is 0. The minimum Gasteiger partial charge on any atom is -0.508 e.